The maximum absolute atomic E-state index is 14.4. The summed E-state index contributed by atoms with van der Waals surface area (Å²) in [5, 5.41) is 3.92. The Balaban J connectivity index is 1.52. The molecule has 0 saturated carbocycles. The van der Waals surface area contributed by atoms with Crippen molar-refractivity contribution in [2.75, 3.05) is 0 Å². The zero-order chi connectivity index (χ0) is 22.9. The second kappa shape index (κ2) is 9.02. The minimum absolute atomic E-state index is 0.142. The van der Waals surface area contributed by atoms with Crippen molar-refractivity contribution in [1.82, 2.24) is 5.32 Å². The van der Waals surface area contributed by atoms with E-state index in [9.17, 15) is 4.79 Å². The number of fused-ring (bicyclic) bond motifs is 2. The highest BCUT2D eigenvalue weighted by Gasteiger charge is 2.56. The molecule has 2 heterocycles. The fourth-order valence-corrected chi connectivity index (χ4v) is 5.71. The first-order valence-electron chi connectivity index (χ1n) is 12.0. The second-order valence-corrected chi connectivity index (χ2v) is 9.20. The van der Waals surface area contributed by atoms with Gasteiger partial charge in [-0.15, -0.1) is 0 Å². The van der Waals surface area contributed by atoms with Crippen molar-refractivity contribution < 1.29 is 9.53 Å². The number of ether oxygens (including phenoxy) is 1. The van der Waals surface area contributed by atoms with Crippen LogP contribution in [-0.2, 0) is 9.53 Å². The Morgan fingerprint density at radius 2 is 0.794 bits per heavy atom. The third kappa shape index (κ3) is 3.67. The third-order valence-electron chi connectivity index (χ3n) is 7.25. The Kier molecular flexibility index (Phi) is 5.58. The average Bonchev–Trinajstić information content (AvgIpc) is 2.91. The van der Waals surface area contributed by atoms with Crippen molar-refractivity contribution in [2.24, 2.45) is 11.8 Å². The molecule has 2 aliphatic rings. The van der Waals surface area contributed by atoms with Crippen molar-refractivity contribution >= 4 is 5.78 Å². The molecule has 0 aliphatic carbocycles. The molecule has 34 heavy (non-hydrogen) atoms. The first kappa shape index (κ1) is 21.0. The monoisotopic (exact) mass is 445 g/mol. The van der Waals surface area contributed by atoms with E-state index < -0.39 is 0 Å². The molecule has 3 heteroatoms. The van der Waals surface area contributed by atoms with Gasteiger partial charge in [-0.3, -0.25) is 4.79 Å². The van der Waals surface area contributed by atoms with Crippen LogP contribution in [-0.4, -0.2) is 5.78 Å². The van der Waals surface area contributed by atoms with E-state index in [2.05, 4.69) is 53.8 Å². The Morgan fingerprint density at radius 1 is 0.471 bits per heavy atom. The summed E-state index contributed by atoms with van der Waals surface area (Å²) in [6, 6.07) is 40.7. The van der Waals surface area contributed by atoms with Crippen LogP contribution >= 0.6 is 0 Å². The van der Waals surface area contributed by atoms with Gasteiger partial charge in [-0.2, -0.15) is 0 Å². The Labute approximate surface area is 200 Å². The van der Waals surface area contributed by atoms with Gasteiger partial charge >= 0.3 is 0 Å². The molecule has 0 unspecified atom stereocenters. The van der Waals surface area contributed by atoms with Crippen LogP contribution in [0.2, 0.25) is 0 Å². The number of carbonyl (C=O) groups is 1. The molecular formula is C31H27NO2. The lowest BCUT2D eigenvalue weighted by molar-refractivity contribution is -0.177. The van der Waals surface area contributed by atoms with Gasteiger partial charge in [0, 0.05) is 12.1 Å². The molecular weight excluding hydrogens is 418 g/mol. The summed E-state index contributed by atoms with van der Waals surface area (Å²) < 4.78 is 6.94. The number of carbonyl (C=O) groups excluding carboxylic acids is 1. The third-order valence-corrected chi connectivity index (χ3v) is 7.25. The maximum Gasteiger partial charge on any atom is 0.148 e. The fourth-order valence-electron chi connectivity index (χ4n) is 5.71. The first-order chi connectivity index (χ1) is 16.8. The molecule has 6 rings (SSSR count). The molecule has 0 aromatic heterocycles. The summed E-state index contributed by atoms with van der Waals surface area (Å²) in [4.78, 5) is 14.4. The van der Waals surface area contributed by atoms with Crippen LogP contribution in [0.4, 0.5) is 0 Å². The molecule has 2 fully saturated rings. The number of Topliss-reactive ketones (excluding diaryl/α,β-unsaturated/α-hetero) is 1. The largest absolute Gasteiger partial charge is 0.364 e. The van der Waals surface area contributed by atoms with Crippen LogP contribution in [0.15, 0.2) is 121 Å². The minimum Gasteiger partial charge on any atom is -0.364 e. The second-order valence-electron chi connectivity index (χ2n) is 9.20. The summed E-state index contributed by atoms with van der Waals surface area (Å²) in [7, 11) is 0. The first-order valence-corrected chi connectivity index (χ1v) is 12.0. The van der Waals surface area contributed by atoms with Crippen molar-refractivity contribution in [3.8, 4) is 0 Å². The highest BCUT2D eigenvalue weighted by molar-refractivity contribution is 5.88. The van der Waals surface area contributed by atoms with Gasteiger partial charge in [-0.05, 0) is 22.3 Å². The highest BCUT2D eigenvalue weighted by Crippen LogP contribution is 2.55. The van der Waals surface area contributed by atoms with Crippen molar-refractivity contribution in [1.29, 1.82) is 0 Å². The molecule has 2 aliphatic heterocycles. The Bertz CT molecular complexity index is 1050. The number of piperidine rings is 1. The SMILES string of the molecule is O=C1[C@H]2[C@H](c3ccccc3)N[C@@H](c3ccccc3)[C@H]1[C@H](c1ccccc1)O[C@H]2c1ccccc1. The van der Waals surface area contributed by atoms with Crippen LogP contribution in [0.25, 0.3) is 0 Å². The van der Waals surface area contributed by atoms with Gasteiger partial charge in [-0.1, -0.05) is 121 Å². The number of rotatable bonds is 4. The molecule has 0 radical (unpaired) electrons. The van der Waals surface area contributed by atoms with E-state index in [4.69, 9.17) is 4.74 Å². The normalized spacial score (nSPS) is 28.4. The molecule has 168 valence electrons. The van der Waals surface area contributed by atoms with Crippen molar-refractivity contribution in [3.05, 3.63) is 144 Å². The quantitative estimate of drug-likeness (QED) is 0.396. The summed E-state index contributed by atoms with van der Waals surface area (Å²) >= 11 is 0. The number of hydrogen-bond donors (Lipinski definition) is 1. The van der Waals surface area contributed by atoms with E-state index >= 15 is 0 Å². The standard InChI is InChI=1S/C31H27NO2/c33-29-25-27(21-13-5-1-6-14-21)32-28(22-15-7-2-8-16-22)26(29)31(24-19-11-4-12-20-24)34-30(25)23-17-9-3-10-18-23/h1-20,25-28,30-32H/t25-,26-,27+,28+,30+,31+/m1/s1. The topological polar surface area (TPSA) is 38.3 Å². The molecule has 0 amide bonds. The van der Waals surface area contributed by atoms with Gasteiger partial charge in [0.15, 0.2) is 0 Å². The van der Waals surface area contributed by atoms with Crippen LogP contribution in [0.3, 0.4) is 0 Å². The van der Waals surface area contributed by atoms with Gasteiger partial charge in [-0.25, -0.2) is 0 Å². The molecule has 4 aromatic rings. The molecule has 1 N–H and O–H groups in total. The number of nitrogens with one attached hydrogen (secondary N) is 1. The lowest BCUT2D eigenvalue weighted by Crippen LogP contribution is -2.56. The maximum atomic E-state index is 14.4. The zero-order valence-electron chi connectivity index (χ0n) is 18.8. The van der Waals surface area contributed by atoms with Gasteiger partial charge < -0.3 is 10.1 Å². The molecule has 2 bridgehead atoms. The lowest BCUT2D eigenvalue weighted by atomic mass is 9.66. The van der Waals surface area contributed by atoms with Gasteiger partial charge in [0.2, 0.25) is 0 Å². The summed E-state index contributed by atoms with van der Waals surface area (Å²) in [5.74, 6) is -0.347. The number of ketones is 1. The lowest BCUT2D eigenvalue weighted by Gasteiger charge is -2.52. The smallest absolute Gasteiger partial charge is 0.148 e. The Hall–Kier alpha value is -3.53. The van der Waals surface area contributed by atoms with Crippen LogP contribution in [0, 0.1) is 11.8 Å². The van der Waals surface area contributed by atoms with E-state index in [1.165, 1.54) is 0 Å². The molecule has 2 saturated heterocycles. The van der Waals surface area contributed by atoms with E-state index in [0.29, 0.717) is 0 Å². The molecule has 3 nitrogen and oxygen atoms in total. The summed E-state index contributed by atoms with van der Waals surface area (Å²) in [6.07, 6.45) is -0.658. The minimum atomic E-state index is -0.329. The Morgan fingerprint density at radius 3 is 1.15 bits per heavy atom. The van der Waals surface area contributed by atoms with Crippen LogP contribution in [0.5, 0.6) is 0 Å². The number of benzene rings is 4. The summed E-state index contributed by atoms with van der Waals surface area (Å²) in [5.41, 5.74) is 4.31. The van der Waals surface area contributed by atoms with E-state index in [1.54, 1.807) is 0 Å². The van der Waals surface area contributed by atoms with E-state index in [1.807, 2.05) is 72.8 Å². The molecule has 6 atom stereocenters. The predicted octanol–water partition coefficient (Wildman–Crippen LogP) is 6.39. The molecule has 0 spiro atoms. The van der Waals surface area contributed by atoms with Crippen molar-refractivity contribution in [3.63, 3.8) is 0 Å². The zero-order valence-corrected chi connectivity index (χ0v) is 18.8. The number of hydrogen-bond acceptors (Lipinski definition) is 3. The van der Waals surface area contributed by atoms with E-state index in [-0.39, 0.29) is 41.9 Å². The predicted molar refractivity (Wildman–Crippen MR) is 133 cm³/mol. The van der Waals surface area contributed by atoms with Crippen LogP contribution in [0.1, 0.15) is 46.5 Å². The average molecular weight is 446 g/mol. The molecule has 4 aromatic carbocycles. The van der Waals surface area contributed by atoms with Crippen molar-refractivity contribution in [2.45, 2.75) is 24.3 Å². The van der Waals surface area contributed by atoms with E-state index in [0.717, 1.165) is 22.3 Å². The van der Waals surface area contributed by atoms with Crippen LogP contribution < -0.4 is 5.32 Å². The van der Waals surface area contributed by atoms with Gasteiger partial charge in [0.05, 0.1) is 24.0 Å². The fraction of sp³-hybridized carbons (Fsp3) is 0.194. The van der Waals surface area contributed by atoms with Gasteiger partial charge in [0.25, 0.3) is 0 Å². The van der Waals surface area contributed by atoms with Gasteiger partial charge in [0.1, 0.15) is 5.78 Å². The summed E-state index contributed by atoms with van der Waals surface area (Å²) in [6.45, 7) is 0. The highest BCUT2D eigenvalue weighted by atomic mass is 16.5.